The Morgan fingerprint density at radius 3 is 2.71 bits per heavy atom. The quantitative estimate of drug-likeness (QED) is 0.850. The van der Waals surface area contributed by atoms with E-state index in [0.717, 1.165) is 28.7 Å². The number of rotatable bonds is 4. The summed E-state index contributed by atoms with van der Waals surface area (Å²) in [5.74, 6) is 4.05. The number of aromatic nitrogens is 3. The maximum Gasteiger partial charge on any atom is 0.162 e. The van der Waals surface area contributed by atoms with E-state index in [1.165, 1.54) is 19.3 Å². The first-order valence-electron chi connectivity index (χ1n) is 8.38. The van der Waals surface area contributed by atoms with Gasteiger partial charge in [0.15, 0.2) is 11.5 Å². The van der Waals surface area contributed by atoms with Gasteiger partial charge in [0.2, 0.25) is 0 Å². The summed E-state index contributed by atoms with van der Waals surface area (Å²) in [6.45, 7) is 1.27. The monoisotopic (exact) mass is 347 g/mol. The van der Waals surface area contributed by atoms with Crippen molar-refractivity contribution >= 4 is 10.8 Å². The molecule has 1 saturated carbocycles. The SMILES string of the molecule is Cn1c(CS(=O)c2ccc3c(c2)OCCCO3)nnc1C1CCC1. The lowest BCUT2D eigenvalue weighted by atomic mass is 9.85. The van der Waals surface area contributed by atoms with Crippen LogP contribution in [0, 0.1) is 0 Å². The molecule has 6 nitrogen and oxygen atoms in total. The van der Waals surface area contributed by atoms with Crippen molar-refractivity contribution < 1.29 is 13.7 Å². The van der Waals surface area contributed by atoms with Gasteiger partial charge in [0.1, 0.15) is 11.6 Å². The lowest BCUT2D eigenvalue weighted by Gasteiger charge is -2.24. The first-order valence-corrected chi connectivity index (χ1v) is 9.70. The molecule has 0 saturated heterocycles. The molecule has 1 unspecified atom stereocenters. The van der Waals surface area contributed by atoms with E-state index >= 15 is 0 Å². The second-order valence-corrected chi connectivity index (χ2v) is 7.76. The van der Waals surface area contributed by atoms with Crippen molar-refractivity contribution in [3.8, 4) is 11.5 Å². The standard InChI is InChI=1S/C17H21N3O3S/c1-20-16(18-19-17(20)12-4-2-5-12)11-24(21)13-6-7-14-15(10-13)23-9-3-8-22-14/h6-7,10,12H,2-5,8-9,11H2,1H3. The summed E-state index contributed by atoms with van der Waals surface area (Å²) >= 11 is 0. The second-order valence-electron chi connectivity index (χ2n) is 6.31. The summed E-state index contributed by atoms with van der Waals surface area (Å²) in [6, 6.07) is 5.50. The van der Waals surface area contributed by atoms with Gasteiger partial charge < -0.3 is 14.0 Å². The third-order valence-electron chi connectivity index (χ3n) is 4.71. The highest BCUT2D eigenvalue weighted by Crippen LogP contribution is 2.35. The van der Waals surface area contributed by atoms with E-state index in [2.05, 4.69) is 10.2 Å². The van der Waals surface area contributed by atoms with Crippen molar-refractivity contribution in [2.75, 3.05) is 13.2 Å². The predicted octanol–water partition coefficient (Wildman–Crippen LogP) is 2.55. The highest BCUT2D eigenvalue weighted by atomic mass is 32.2. The van der Waals surface area contributed by atoms with Gasteiger partial charge in [-0.1, -0.05) is 6.42 Å². The molecule has 1 aromatic carbocycles. The molecule has 2 heterocycles. The zero-order valence-corrected chi connectivity index (χ0v) is 14.6. The molecule has 0 amide bonds. The van der Waals surface area contributed by atoms with Crippen LogP contribution in [0.15, 0.2) is 23.1 Å². The van der Waals surface area contributed by atoms with Crippen molar-refractivity contribution in [3.05, 3.63) is 29.8 Å². The van der Waals surface area contributed by atoms with Crippen LogP contribution in [-0.4, -0.2) is 32.2 Å². The first kappa shape index (κ1) is 15.6. The van der Waals surface area contributed by atoms with E-state index in [1.807, 2.05) is 29.8 Å². The summed E-state index contributed by atoms with van der Waals surface area (Å²) in [5.41, 5.74) is 0. The van der Waals surface area contributed by atoms with Gasteiger partial charge in [-0.05, 0) is 25.0 Å². The van der Waals surface area contributed by atoms with Crippen LogP contribution >= 0.6 is 0 Å². The molecule has 0 bridgehead atoms. The predicted molar refractivity (Wildman–Crippen MR) is 89.8 cm³/mol. The summed E-state index contributed by atoms with van der Waals surface area (Å²) in [6.07, 6.45) is 4.47. The van der Waals surface area contributed by atoms with Crippen LogP contribution in [-0.2, 0) is 23.6 Å². The molecular formula is C17H21N3O3S. The average molecular weight is 347 g/mol. The van der Waals surface area contributed by atoms with Crippen molar-refractivity contribution in [2.24, 2.45) is 7.05 Å². The van der Waals surface area contributed by atoms with Crippen LogP contribution in [0.3, 0.4) is 0 Å². The fraction of sp³-hybridized carbons (Fsp3) is 0.529. The van der Waals surface area contributed by atoms with Crippen LogP contribution in [0.25, 0.3) is 0 Å². The minimum Gasteiger partial charge on any atom is -0.490 e. The smallest absolute Gasteiger partial charge is 0.162 e. The topological polar surface area (TPSA) is 66.2 Å². The molecule has 128 valence electrons. The van der Waals surface area contributed by atoms with Crippen LogP contribution in [0.5, 0.6) is 11.5 Å². The molecule has 2 aromatic rings. The van der Waals surface area contributed by atoms with Gasteiger partial charge in [0.05, 0.1) is 29.8 Å². The van der Waals surface area contributed by atoms with Crippen LogP contribution in [0.2, 0.25) is 0 Å². The van der Waals surface area contributed by atoms with Crippen LogP contribution < -0.4 is 9.47 Å². The van der Waals surface area contributed by atoms with Gasteiger partial charge in [-0.15, -0.1) is 10.2 Å². The molecule has 2 aliphatic rings. The maximum atomic E-state index is 12.7. The Morgan fingerprint density at radius 2 is 1.96 bits per heavy atom. The zero-order valence-electron chi connectivity index (χ0n) is 13.7. The van der Waals surface area contributed by atoms with Gasteiger partial charge >= 0.3 is 0 Å². The fourth-order valence-electron chi connectivity index (χ4n) is 3.01. The molecular weight excluding hydrogens is 326 g/mol. The fourth-order valence-corrected chi connectivity index (χ4v) is 4.12. The highest BCUT2D eigenvalue weighted by molar-refractivity contribution is 7.84. The Bertz CT molecular complexity index is 770. The Kier molecular flexibility index (Phi) is 4.26. The molecule has 7 heteroatoms. The summed E-state index contributed by atoms with van der Waals surface area (Å²) in [7, 11) is 0.775. The lowest BCUT2D eigenvalue weighted by molar-refractivity contribution is 0.297. The van der Waals surface area contributed by atoms with E-state index in [0.29, 0.717) is 30.6 Å². The van der Waals surface area contributed by atoms with Crippen molar-refractivity contribution in [3.63, 3.8) is 0 Å². The molecule has 1 fully saturated rings. The normalized spacial score (nSPS) is 18.7. The van der Waals surface area contributed by atoms with Gasteiger partial charge in [-0.25, -0.2) is 0 Å². The van der Waals surface area contributed by atoms with E-state index < -0.39 is 10.8 Å². The zero-order chi connectivity index (χ0) is 16.5. The molecule has 1 aromatic heterocycles. The Morgan fingerprint density at radius 1 is 1.17 bits per heavy atom. The number of ether oxygens (including phenoxy) is 2. The average Bonchev–Trinajstić information content (AvgIpc) is 2.76. The first-order chi connectivity index (χ1) is 11.7. The minimum absolute atomic E-state index is 0.357. The van der Waals surface area contributed by atoms with Gasteiger partial charge in [0, 0.05) is 30.3 Å². The van der Waals surface area contributed by atoms with E-state index in [4.69, 9.17) is 9.47 Å². The molecule has 0 N–H and O–H groups in total. The number of hydrogen-bond donors (Lipinski definition) is 0. The summed E-state index contributed by atoms with van der Waals surface area (Å²) in [4.78, 5) is 0.729. The molecule has 1 aliphatic carbocycles. The van der Waals surface area contributed by atoms with Gasteiger partial charge in [-0.3, -0.25) is 4.21 Å². The lowest BCUT2D eigenvalue weighted by Crippen LogP contribution is -2.15. The molecule has 1 atom stereocenters. The van der Waals surface area contributed by atoms with Crippen molar-refractivity contribution in [2.45, 2.75) is 42.2 Å². The maximum absolute atomic E-state index is 12.7. The summed E-state index contributed by atoms with van der Waals surface area (Å²) < 4.78 is 26.0. The molecule has 1 aliphatic heterocycles. The molecule has 0 spiro atoms. The summed E-state index contributed by atoms with van der Waals surface area (Å²) in [5, 5.41) is 8.55. The number of fused-ring (bicyclic) bond motifs is 1. The third kappa shape index (κ3) is 2.92. The van der Waals surface area contributed by atoms with Gasteiger partial charge in [0.25, 0.3) is 0 Å². The number of benzene rings is 1. The Balaban J connectivity index is 1.52. The molecule has 24 heavy (non-hydrogen) atoms. The van der Waals surface area contributed by atoms with Crippen molar-refractivity contribution in [1.82, 2.24) is 14.8 Å². The van der Waals surface area contributed by atoms with E-state index in [9.17, 15) is 4.21 Å². The highest BCUT2D eigenvalue weighted by Gasteiger charge is 2.26. The Hall–Kier alpha value is -1.89. The largest absolute Gasteiger partial charge is 0.490 e. The van der Waals surface area contributed by atoms with Crippen molar-refractivity contribution in [1.29, 1.82) is 0 Å². The van der Waals surface area contributed by atoms with E-state index in [1.54, 1.807) is 0 Å². The Labute approximate surface area is 143 Å². The van der Waals surface area contributed by atoms with Crippen LogP contribution in [0.1, 0.15) is 43.3 Å². The number of nitrogens with zero attached hydrogens (tertiary/aromatic N) is 3. The third-order valence-corrected chi connectivity index (χ3v) is 6.01. The number of hydrogen-bond acceptors (Lipinski definition) is 5. The molecule has 0 radical (unpaired) electrons. The molecule has 4 rings (SSSR count). The second kappa shape index (κ2) is 6.55. The van der Waals surface area contributed by atoms with Crippen LogP contribution in [0.4, 0.5) is 0 Å². The van der Waals surface area contributed by atoms with E-state index in [-0.39, 0.29) is 0 Å². The van der Waals surface area contributed by atoms with Gasteiger partial charge in [-0.2, -0.15) is 0 Å². The minimum atomic E-state index is -1.19.